The second kappa shape index (κ2) is 12.2. The normalized spacial score (nSPS) is 11.9. The molecule has 0 fully saturated rings. The second-order valence-electron chi connectivity index (χ2n) is 7.32. The SMILES string of the molecule is CC[C@H](C(=O)NC(C)C)N(Cc1ccc(Cl)cc1Cl)C(=O)CSCc1ccccc1. The average molecular weight is 467 g/mol. The van der Waals surface area contributed by atoms with E-state index in [9.17, 15) is 9.59 Å². The van der Waals surface area contributed by atoms with Gasteiger partial charge in [-0.3, -0.25) is 9.59 Å². The summed E-state index contributed by atoms with van der Waals surface area (Å²) >= 11 is 13.9. The van der Waals surface area contributed by atoms with Crippen molar-refractivity contribution in [1.82, 2.24) is 10.2 Å². The third-order valence-electron chi connectivity index (χ3n) is 4.51. The van der Waals surface area contributed by atoms with Gasteiger partial charge in [0.2, 0.25) is 11.8 Å². The van der Waals surface area contributed by atoms with Crippen molar-refractivity contribution in [1.29, 1.82) is 0 Å². The molecule has 2 aromatic rings. The first-order valence-electron chi connectivity index (χ1n) is 9.97. The highest BCUT2D eigenvalue weighted by Gasteiger charge is 2.29. The summed E-state index contributed by atoms with van der Waals surface area (Å²) in [5.74, 6) is 0.773. The molecule has 0 bridgehead atoms. The molecule has 30 heavy (non-hydrogen) atoms. The highest BCUT2D eigenvalue weighted by Crippen LogP contribution is 2.24. The molecule has 7 heteroatoms. The van der Waals surface area contributed by atoms with Gasteiger partial charge in [0.25, 0.3) is 0 Å². The van der Waals surface area contributed by atoms with Crippen LogP contribution in [-0.2, 0) is 21.9 Å². The molecule has 1 atom stereocenters. The lowest BCUT2D eigenvalue weighted by atomic mass is 10.1. The summed E-state index contributed by atoms with van der Waals surface area (Å²) in [4.78, 5) is 27.6. The number of nitrogens with zero attached hydrogens (tertiary/aromatic N) is 1. The van der Waals surface area contributed by atoms with E-state index in [-0.39, 0.29) is 30.2 Å². The number of hydrogen-bond acceptors (Lipinski definition) is 3. The quantitative estimate of drug-likeness (QED) is 0.498. The molecule has 2 aromatic carbocycles. The Morgan fingerprint density at radius 3 is 2.40 bits per heavy atom. The minimum atomic E-state index is -0.566. The van der Waals surface area contributed by atoms with E-state index in [1.54, 1.807) is 23.1 Å². The van der Waals surface area contributed by atoms with Gasteiger partial charge in [-0.15, -0.1) is 11.8 Å². The lowest BCUT2D eigenvalue weighted by Gasteiger charge is -2.31. The Labute approximate surface area is 193 Å². The largest absolute Gasteiger partial charge is 0.352 e. The second-order valence-corrected chi connectivity index (χ2v) is 9.15. The van der Waals surface area contributed by atoms with Crippen LogP contribution >= 0.6 is 35.0 Å². The predicted molar refractivity (Wildman–Crippen MR) is 127 cm³/mol. The molecule has 0 aliphatic rings. The zero-order valence-electron chi connectivity index (χ0n) is 17.5. The van der Waals surface area contributed by atoms with E-state index in [4.69, 9.17) is 23.2 Å². The Morgan fingerprint density at radius 2 is 1.80 bits per heavy atom. The van der Waals surface area contributed by atoms with Gasteiger partial charge >= 0.3 is 0 Å². The van der Waals surface area contributed by atoms with Crippen molar-refractivity contribution < 1.29 is 9.59 Å². The highest BCUT2D eigenvalue weighted by atomic mass is 35.5. The van der Waals surface area contributed by atoms with Crippen molar-refractivity contribution in [3.05, 3.63) is 69.7 Å². The monoisotopic (exact) mass is 466 g/mol. The fourth-order valence-electron chi connectivity index (χ4n) is 3.05. The lowest BCUT2D eigenvalue weighted by Crippen LogP contribution is -2.51. The molecule has 0 unspecified atom stereocenters. The maximum absolute atomic E-state index is 13.2. The third kappa shape index (κ3) is 7.53. The van der Waals surface area contributed by atoms with E-state index in [0.29, 0.717) is 16.5 Å². The molecule has 0 heterocycles. The number of nitrogens with one attached hydrogen (secondary N) is 1. The molecule has 0 aliphatic carbocycles. The van der Waals surface area contributed by atoms with E-state index in [0.717, 1.165) is 16.9 Å². The van der Waals surface area contributed by atoms with Crippen LogP contribution in [0.25, 0.3) is 0 Å². The van der Waals surface area contributed by atoms with Gasteiger partial charge in [-0.2, -0.15) is 0 Å². The summed E-state index contributed by atoms with van der Waals surface area (Å²) in [6.07, 6.45) is 0.513. The highest BCUT2D eigenvalue weighted by molar-refractivity contribution is 7.99. The maximum atomic E-state index is 13.2. The number of rotatable bonds is 10. The van der Waals surface area contributed by atoms with Crippen LogP contribution < -0.4 is 5.32 Å². The molecule has 162 valence electrons. The maximum Gasteiger partial charge on any atom is 0.243 e. The Balaban J connectivity index is 2.17. The predicted octanol–water partition coefficient (Wildman–Crippen LogP) is 5.56. The molecular formula is C23H28Cl2N2O2S. The van der Waals surface area contributed by atoms with E-state index < -0.39 is 6.04 Å². The fourth-order valence-corrected chi connectivity index (χ4v) is 4.39. The minimum Gasteiger partial charge on any atom is -0.352 e. The number of carbonyl (C=O) groups excluding carboxylic acids is 2. The number of thioether (sulfide) groups is 1. The summed E-state index contributed by atoms with van der Waals surface area (Å²) in [6.45, 7) is 5.97. The summed E-state index contributed by atoms with van der Waals surface area (Å²) in [5.41, 5.74) is 1.92. The molecule has 0 radical (unpaired) electrons. The topological polar surface area (TPSA) is 49.4 Å². The fraction of sp³-hybridized carbons (Fsp3) is 0.391. The molecule has 2 rings (SSSR count). The molecule has 0 spiro atoms. The zero-order valence-corrected chi connectivity index (χ0v) is 19.9. The Hall–Kier alpha value is -1.69. The Bertz CT molecular complexity index is 846. The van der Waals surface area contributed by atoms with Crippen LogP contribution in [0.15, 0.2) is 48.5 Å². The van der Waals surface area contributed by atoms with Crippen LogP contribution in [0, 0.1) is 0 Å². The van der Waals surface area contributed by atoms with Crippen LogP contribution in [0.5, 0.6) is 0 Å². The first-order valence-corrected chi connectivity index (χ1v) is 11.9. The average Bonchev–Trinajstić information content (AvgIpc) is 2.69. The van der Waals surface area contributed by atoms with Crippen molar-refractivity contribution in [2.75, 3.05) is 5.75 Å². The van der Waals surface area contributed by atoms with Crippen LogP contribution in [0.3, 0.4) is 0 Å². The van der Waals surface area contributed by atoms with Crippen molar-refractivity contribution in [3.8, 4) is 0 Å². The first kappa shape index (κ1) is 24.6. The van der Waals surface area contributed by atoms with Crippen molar-refractivity contribution in [2.45, 2.75) is 51.6 Å². The molecular weight excluding hydrogens is 439 g/mol. The number of amides is 2. The third-order valence-corrected chi connectivity index (χ3v) is 6.09. The Kier molecular flexibility index (Phi) is 10.0. The van der Waals surface area contributed by atoms with E-state index in [1.807, 2.05) is 51.1 Å². The van der Waals surface area contributed by atoms with Crippen LogP contribution in [0.2, 0.25) is 10.0 Å². The first-order chi connectivity index (χ1) is 14.3. The molecule has 1 N–H and O–H groups in total. The van der Waals surface area contributed by atoms with E-state index in [2.05, 4.69) is 5.32 Å². The number of benzene rings is 2. The number of carbonyl (C=O) groups is 2. The number of hydrogen-bond donors (Lipinski definition) is 1. The summed E-state index contributed by atoms with van der Waals surface area (Å²) in [6, 6.07) is 14.6. The number of halogens is 2. The van der Waals surface area contributed by atoms with Gasteiger partial charge in [0.05, 0.1) is 5.75 Å². The molecule has 0 saturated heterocycles. The van der Waals surface area contributed by atoms with Crippen LogP contribution in [0.1, 0.15) is 38.3 Å². The smallest absolute Gasteiger partial charge is 0.243 e. The molecule has 0 saturated carbocycles. The van der Waals surface area contributed by atoms with Crippen molar-refractivity contribution >= 4 is 46.8 Å². The summed E-state index contributed by atoms with van der Waals surface area (Å²) < 4.78 is 0. The van der Waals surface area contributed by atoms with Gasteiger partial charge < -0.3 is 10.2 Å². The van der Waals surface area contributed by atoms with Gasteiger partial charge in [-0.05, 0) is 43.5 Å². The van der Waals surface area contributed by atoms with Gasteiger partial charge in [-0.1, -0.05) is 66.5 Å². The van der Waals surface area contributed by atoms with Crippen LogP contribution in [0.4, 0.5) is 0 Å². The van der Waals surface area contributed by atoms with Gasteiger partial charge in [0.1, 0.15) is 6.04 Å². The molecule has 4 nitrogen and oxygen atoms in total. The molecule has 0 aromatic heterocycles. The molecule has 0 aliphatic heterocycles. The van der Waals surface area contributed by atoms with Crippen molar-refractivity contribution in [2.24, 2.45) is 0 Å². The van der Waals surface area contributed by atoms with E-state index in [1.165, 1.54) is 11.8 Å². The lowest BCUT2D eigenvalue weighted by molar-refractivity contribution is -0.139. The van der Waals surface area contributed by atoms with Gasteiger partial charge in [0, 0.05) is 28.4 Å². The van der Waals surface area contributed by atoms with Gasteiger partial charge in [0.15, 0.2) is 0 Å². The standard InChI is InChI=1S/C23H28Cl2N2O2S/c1-4-21(23(29)26-16(2)3)27(13-18-10-11-19(24)12-20(18)25)22(28)15-30-14-17-8-6-5-7-9-17/h5-12,16,21H,4,13-15H2,1-3H3,(H,26,29)/t21-/m1/s1. The van der Waals surface area contributed by atoms with E-state index >= 15 is 0 Å². The summed E-state index contributed by atoms with van der Waals surface area (Å²) in [7, 11) is 0. The Morgan fingerprint density at radius 1 is 1.10 bits per heavy atom. The van der Waals surface area contributed by atoms with Crippen molar-refractivity contribution in [3.63, 3.8) is 0 Å². The minimum absolute atomic E-state index is 0.00456. The molecule has 2 amide bonds. The van der Waals surface area contributed by atoms with Gasteiger partial charge in [-0.25, -0.2) is 0 Å². The summed E-state index contributed by atoms with van der Waals surface area (Å²) in [5, 5.41) is 3.94. The van der Waals surface area contributed by atoms with Crippen LogP contribution in [-0.4, -0.2) is 34.6 Å². The zero-order chi connectivity index (χ0) is 22.1.